The molecule has 1 aliphatic rings. The Labute approximate surface area is 120 Å². The van der Waals surface area contributed by atoms with Gasteiger partial charge in [-0.1, -0.05) is 26.2 Å². The largest absolute Gasteiger partial charge is 0.464 e. The molecule has 0 aromatic carbocycles. The van der Waals surface area contributed by atoms with Crippen LogP contribution < -0.4 is 5.32 Å². The van der Waals surface area contributed by atoms with E-state index < -0.39 is 5.97 Å². The second-order valence-electron chi connectivity index (χ2n) is 5.45. The summed E-state index contributed by atoms with van der Waals surface area (Å²) < 4.78 is 4.59. The number of methoxy groups -OCH3 is 1. The molecule has 20 heavy (non-hydrogen) atoms. The Kier molecular flexibility index (Phi) is 5.32. The average molecular weight is 277 g/mol. The van der Waals surface area contributed by atoms with Crippen LogP contribution in [0, 0.1) is 11.8 Å². The molecule has 1 fully saturated rings. The van der Waals surface area contributed by atoms with Crippen molar-refractivity contribution in [3.05, 3.63) is 18.1 Å². The van der Waals surface area contributed by atoms with Gasteiger partial charge in [0.1, 0.15) is 5.82 Å². The number of esters is 1. The van der Waals surface area contributed by atoms with Crippen molar-refractivity contribution in [1.82, 2.24) is 9.97 Å². The SMILES string of the molecule is CCC1CCC(CNc2cnc(C(=O)OC)cn2)CC1. The number of nitrogens with zero attached hydrogens (tertiary/aromatic N) is 2. The van der Waals surface area contributed by atoms with E-state index in [0.29, 0.717) is 0 Å². The van der Waals surface area contributed by atoms with Crippen LogP contribution in [0.25, 0.3) is 0 Å². The number of aromatic nitrogens is 2. The molecule has 0 amide bonds. The molecule has 0 radical (unpaired) electrons. The first-order valence-corrected chi connectivity index (χ1v) is 7.37. The van der Waals surface area contributed by atoms with Gasteiger partial charge in [-0.3, -0.25) is 0 Å². The number of carbonyl (C=O) groups excluding carboxylic acids is 1. The molecule has 1 N–H and O–H groups in total. The van der Waals surface area contributed by atoms with E-state index in [1.54, 1.807) is 6.20 Å². The summed E-state index contributed by atoms with van der Waals surface area (Å²) in [5, 5.41) is 3.31. The molecule has 110 valence electrons. The van der Waals surface area contributed by atoms with Crippen LogP contribution in [0.4, 0.5) is 5.82 Å². The van der Waals surface area contributed by atoms with E-state index >= 15 is 0 Å². The fourth-order valence-corrected chi connectivity index (χ4v) is 2.72. The van der Waals surface area contributed by atoms with Gasteiger partial charge in [0.15, 0.2) is 5.69 Å². The summed E-state index contributed by atoms with van der Waals surface area (Å²) in [6.07, 6.45) is 9.61. The van der Waals surface area contributed by atoms with Crippen LogP contribution in [-0.2, 0) is 4.74 Å². The maximum absolute atomic E-state index is 11.2. The molecule has 0 saturated heterocycles. The van der Waals surface area contributed by atoms with Crippen molar-refractivity contribution in [3.8, 4) is 0 Å². The maximum atomic E-state index is 11.2. The van der Waals surface area contributed by atoms with Crippen LogP contribution in [0.2, 0.25) is 0 Å². The molecule has 5 nitrogen and oxygen atoms in total. The summed E-state index contributed by atoms with van der Waals surface area (Å²) in [5.41, 5.74) is 0.238. The zero-order chi connectivity index (χ0) is 14.4. The van der Waals surface area contributed by atoms with Gasteiger partial charge in [-0.2, -0.15) is 0 Å². The van der Waals surface area contributed by atoms with E-state index in [1.807, 2.05) is 0 Å². The van der Waals surface area contributed by atoms with Crippen LogP contribution in [0.5, 0.6) is 0 Å². The molecular weight excluding hydrogens is 254 g/mol. The standard InChI is InChI=1S/C15H23N3O2/c1-3-11-4-6-12(7-5-11)8-17-14-10-16-13(9-18-14)15(19)20-2/h9-12H,3-8H2,1-2H3,(H,17,18). The molecule has 0 bridgehead atoms. The van der Waals surface area contributed by atoms with E-state index in [4.69, 9.17) is 0 Å². The number of rotatable bonds is 5. The first-order valence-electron chi connectivity index (χ1n) is 7.37. The quantitative estimate of drug-likeness (QED) is 0.838. The highest BCUT2D eigenvalue weighted by molar-refractivity contribution is 5.86. The number of ether oxygens (including phenoxy) is 1. The summed E-state index contributed by atoms with van der Waals surface area (Å²) in [6.45, 7) is 3.21. The fraction of sp³-hybridized carbons (Fsp3) is 0.667. The molecule has 0 aliphatic heterocycles. The van der Waals surface area contributed by atoms with Gasteiger partial charge in [-0.15, -0.1) is 0 Å². The number of carbonyl (C=O) groups is 1. The number of hydrogen-bond acceptors (Lipinski definition) is 5. The van der Waals surface area contributed by atoms with Gasteiger partial charge in [0.05, 0.1) is 19.5 Å². The van der Waals surface area contributed by atoms with Crippen LogP contribution in [0.3, 0.4) is 0 Å². The van der Waals surface area contributed by atoms with E-state index in [1.165, 1.54) is 45.4 Å². The minimum absolute atomic E-state index is 0.238. The minimum atomic E-state index is -0.457. The molecular formula is C15H23N3O2. The third-order valence-electron chi connectivity index (χ3n) is 4.16. The Bertz CT molecular complexity index is 425. The predicted octanol–water partition coefficient (Wildman–Crippen LogP) is 2.89. The zero-order valence-electron chi connectivity index (χ0n) is 12.3. The zero-order valence-corrected chi connectivity index (χ0v) is 12.3. The van der Waals surface area contributed by atoms with Crippen molar-refractivity contribution >= 4 is 11.8 Å². The highest BCUT2D eigenvalue weighted by Gasteiger charge is 2.19. The summed E-state index contributed by atoms with van der Waals surface area (Å²) in [7, 11) is 1.34. The van der Waals surface area contributed by atoms with Crippen molar-refractivity contribution in [2.24, 2.45) is 11.8 Å². The predicted molar refractivity (Wildman–Crippen MR) is 77.6 cm³/mol. The van der Waals surface area contributed by atoms with Gasteiger partial charge in [-0.05, 0) is 24.7 Å². The number of anilines is 1. The summed E-state index contributed by atoms with van der Waals surface area (Å²) in [4.78, 5) is 19.5. The molecule has 0 atom stereocenters. The molecule has 1 saturated carbocycles. The highest BCUT2D eigenvalue weighted by Crippen LogP contribution is 2.30. The monoisotopic (exact) mass is 277 g/mol. The van der Waals surface area contributed by atoms with Crippen molar-refractivity contribution in [2.75, 3.05) is 19.0 Å². The Morgan fingerprint density at radius 2 is 1.95 bits per heavy atom. The van der Waals surface area contributed by atoms with Gasteiger partial charge >= 0.3 is 5.97 Å². The van der Waals surface area contributed by atoms with E-state index in [9.17, 15) is 4.79 Å². The van der Waals surface area contributed by atoms with E-state index in [0.717, 1.165) is 24.2 Å². The number of hydrogen-bond donors (Lipinski definition) is 1. The van der Waals surface area contributed by atoms with Gasteiger partial charge in [0, 0.05) is 6.54 Å². The van der Waals surface area contributed by atoms with Crippen LogP contribution in [-0.4, -0.2) is 29.6 Å². The Morgan fingerprint density at radius 3 is 2.50 bits per heavy atom. The third kappa shape index (κ3) is 3.92. The lowest BCUT2D eigenvalue weighted by Crippen LogP contribution is -2.21. The summed E-state index contributed by atoms with van der Waals surface area (Å²) in [6, 6.07) is 0. The molecule has 1 aliphatic carbocycles. The van der Waals surface area contributed by atoms with Gasteiger partial charge in [0.25, 0.3) is 0 Å². The molecule has 1 aromatic heterocycles. The molecule has 5 heteroatoms. The Balaban J connectivity index is 1.78. The molecule has 1 aromatic rings. The first kappa shape index (κ1) is 14.8. The minimum Gasteiger partial charge on any atom is -0.464 e. The second-order valence-corrected chi connectivity index (χ2v) is 5.45. The van der Waals surface area contributed by atoms with Crippen LogP contribution >= 0.6 is 0 Å². The van der Waals surface area contributed by atoms with E-state index in [-0.39, 0.29) is 5.69 Å². The third-order valence-corrected chi connectivity index (χ3v) is 4.16. The molecule has 1 heterocycles. The van der Waals surface area contributed by atoms with Gasteiger partial charge in [0.2, 0.25) is 0 Å². The van der Waals surface area contributed by atoms with E-state index in [2.05, 4.69) is 26.9 Å². The lowest BCUT2D eigenvalue weighted by atomic mass is 9.81. The lowest BCUT2D eigenvalue weighted by molar-refractivity contribution is 0.0593. The van der Waals surface area contributed by atoms with Crippen molar-refractivity contribution < 1.29 is 9.53 Å². The van der Waals surface area contributed by atoms with Gasteiger partial charge in [-0.25, -0.2) is 14.8 Å². The lowest BCUT2D eigenvalue weighted by Gasteiger charge is -2.27. The average Bonchev–Trinajstić information content (AvgIpc) is 2.53. The van der Waals surface area contributed by atoms with Gasteiger partial charge < -0.3 is 10.1 Å². The highest BCUT2D eigenvalue weighted by atomic mass is 16.5. The fourth-order valence-electron chi connectivity index (χ4n) is 2.72. The normalized spacial score (nSPS) is 22.3. The first-order chi connectivity index (χ1) is 9.72. The second kappa shape index (κ2) is 7.22. The Morgan fingerprint density at radius 1 is 1.25 bits per heavy atom. The smallest absolute Gasteiger partial charge is 0.358 e. The van der Waals surface area contributed by atoms with Crippen molar-refractivity contribution in [1.29, 1.82) is 0 Å². The molecule has 0 unspecified atom stereocenters. The van der Waals surface area contributed by atoms with Crippen molar-refractivity contribution in [2.45, 2.75) is 39.0 Å². The van der Waals surface area contributed by atoms with Crippen LogP contribution in [0.1, 0.15) is 49.5 Å². The summed E-state index contributed by atoms with van der Waals surface area (Å²) >= 11 is 0. The topological polar surface area (TPSA) is 64.1 Å². The van der Waals surface area contributed by atoms with Crippen LogP contribution in [0.15, 0.2) is 12.4 Å². The van der Waals surface area contributed by atoms with Crippen molar-refractivity contribution in [3.63, 3.8) is 0 Å². The molecule has 2 rings (SSSR count). The summed E-state index contributed by atoms with van der Waals surface area (Å²) in [5.74, 6) is 1.91. The maximum Gasteiger partial charge on any atom is 0.358 e. The number of nitrogens with one attached hydrogen (secondary N) is 1. The molecule has 0 spiro atoms. The Hall–Kier alpha value is -1.65.